The van der Waals surface area contributed by atoms with E-state index in [1.165, 1.54) is 0 Å². The van der Waals surface area contributed by atoms with Crippen LogP contribution >= 0.6 is 0 Å². The molecule has 3 N–H and O–H groups in total. The van der Waals surface area contributed by atoms with Gasteiger partial charge in [0, 0.05) is 6.54 Å². The summed E-state index contributed by atoms with van der Waals surface area (Å²) in [6.45, 7) is 7.90. The van der Waals surface area contributed by atoms with E-state index in [1.807, 2.05) is 14.1 Å². The Hall–Kier alpha value is 0.0969. The van der Waals surface area contributed by atoms with Crippen LogP contribution in [0.4, 0.5) is 0 Å². The van der Waals surface area contributed by atoms with Crippen molar-refractivity contribution in [1.82, 2.24) is 15.6 Å². The lowest BCUT2D eigenvalue weighted by Gasteiger charge is -2.21. The maximum atomic E-state index is 3.54. The van der Waals surface area contributed by atoms with Gasteiger partial charge in [-0.3, -0.25) is 0 Å². The summed E-state index contributed by atoms with van der Waals surface area (Å²) in [6.07, 6.45) is 0.403. The van der Waals surface area contributed by atoms with E-state index in [2.05, 4.69) is 36.4 Å². The van der Waals surface area contributed by atoms with Gasteiger partial charge in [-0.1, -0.05) is 20.8 Å². The van der Waals surface area contributed by atoms with Crippen molar-refractivity contribution in [2.75, 3.05) is 20.6 Å². The SMILES string of the molecule is CNC(CN[SiH2]C(C)(C)C)NC. The molecule has 0 aliphatic rings. The Bertz CT molecular complexity index is 107. The lowest BCUT2D eigenvalue weighted by atomic mass is 10.3. The van der Waals surface area contributed by atoms with Gasteiger partial charge in [0.1, 0.15) is 0 Å². The first-order chi connectivity index (χ1) is 5.49. The van der Waals surface area contributed by atoms with Crippen molar-refractivity contribution in [3.8, 4) is 0 Å². The lowest BCUT2D eigenvalue weighted by molar-refractivity contribution is 0.488. The van der Waals surface area contributed by atoms with Crippen LogP contribution in [0.25, 0.3) is 0 Å². The van der Waals surface area contributed by atoms with E-state index in [4.69, 9.17) is 0 Å². The van der Waals surface area contributed by atoms with Gasteiger partial charge in [-0.05, 0) is 19.1 Å². The van der Waals surface area contributed by atoms with Crippen molar-refractivity contribution in [1.29, 1.82) is 0 Å². The number of likely N-dealkylation sites (N-methyl/N-ethyl adjacent to an activating group) is 2. The van der Waals surface area contributed by atoms with Crippen LogP contribution in [0.5, 0.6) is 0 Å². The predicted molar refractivity (Wildman–Crippen MR) is 58.2 cm³/mol. The third-order valence-corrected chi connectivity index (χ3v) is 3.30. The molecule has 0 heterocycles. The fourth-order valence-electron chi connectivity index (χ4n) is 0.940. The molecule has 0 aromatic carbocycles. The summed E-state index contributed by atoms with van der Waals surface area (Å²) in [4.78, 5) is 3.54. The molecule has 0 aliphatic carbocycles. The minimum Gasteiger partial charge on any atom is -0.339 e. The van der Waals surface area contributed by atoms with Crippen LogP contribution in [-0.2, 0) is 0 Å². The van der Waals surface area contributed by atoms with Gasteiger partial charge in [0.2, 0.25) is 0 Å². The predicted octanol–water partition coefficient (Wildman–Crippen LogP) is -0.357. The van der Waals surface area contributed by atoms with E-state index in [1.54, 1.807) is 0 Å². The highest BCUT2D eigenvalue weighted by Crippen LogP contribution is 2.17. The normalized spacial score (nSPS) is 13.5. The van der Waals surface area contributed by atoms with E-state index in [-0.39, 0.29) is 9.68 Å². The van der Waals surface area contributed by atoms with Gasteiger partial charge >= 0.3 is 0 Å². The summed E-state index contributed by atoms with van der Waals surface area (Å²) >= 11 is 0. The highest BCUT2D eigenvalue weighted by Gasteiger charge is 2.11. The summed E-state index contributed by atoms with van der Waals surface area (Å²) < 4.78 is 0. The molecule has 0 aliphatic heterocycles. The number of hydrogen-bond donors (Lipinski definition) is 3. The number of hydrogen-bond acceptors (Lipinski definition) is 3. The van der Waals surface area contributed by atoms with E-state index < -0.39 is 0 Å². The van der Waals surface area contributed by atoms with Crippen molar-refractivity contribution in [2.24, 2.45) is 0 Å². The zero-order valence-corrected chi connectivity index (χ0v) is 10.4. The average molecular weight is 189 g/mol. The van der Waals surface area contributed by atoms with Crippen molar-refractivity contribution in [3.05, 3.63) is 0 Å². The molecule has 0 fully saturated rings. The molecule has 0 saturated heterocycles. The van der Waals surface area contributed by atoms with Crippen LogP contribution in [-0.4, -0.2) is 36.5 Å². The van der Waals surface area contributed by atoms with Gasteiger partial charge in [0.15, 0.2) is 0 Å². The van der Waals surface area contributed by atoms with Crippen LogP contribution in [0, 0.1) is 0 Å². The van der Waals surface area contributed by atoms with E-state index in [0.717, 1.165) is 6.54 Å². The molecule has 74 valence electrons. The first-order valence-corrected chi connectivity index (χ1v) is 5.96. The molecule has 12 heavy (non-hydrogen) atoms. The van der Waals surface area contributed by atoms with Crippen LogP contribution in [0.2, 0.25) is 5.04 Å². The second-order valence-electron chi connectivity index (χ2n) is 4.32. The van der Waals surface area contributed by atoms with Gasteiger partial charge in [0.25, 0.3) is 0 Å². The first kappa shape index (κ1) is 12.1. The maximum Gasteiger partial charge on any atom is 0.0971 e. The molecule has 0 amide bonds. The fourth-order valence-corrected chi connectivity index (χ4v) is 2.12. The molecule has 0 aromatic heterocycles. The Balaban J connectivity index is 3.41. The highest BCUT2D eigenvalue weighted by molar-refractivity contribution is 6.36. The summed E-state index contributed by atoms with van der Waals surface area (Å²) in [5.41, 5.74) is 0. The molecule has 0 rings (SSSR count). The van der Waals surface area contributed by atoms with Gasteiger partial charge in [0.05, 0.1) is 15.8 Å². The first-order valence-electron chi connectivity index (χ1n) is 4.55. The van der Waals surface area contributed by atoms with Crippen molar-refractivity contribution < 1.29 is 0 Å². The average Bonchev–Trinajstić information content (AvgIpc) is 1.96. The summed E-state index contributed by atoms with van der Waals surface area (Å²) in [5.74, 6) is 0. The molecule has 0 radical (unpaired) electrons. The molecule has 4 heteroatoms. The standard InChI is InChI=1S/C8H23N3Si/c1-8(2,3)12-11-6-7(9-4)10-5/h7,9-11H,6,12H2,1-5H3. The van der Waals surface area contributed by atoms with E-state index >= 15 is 0 Å². The fraction of sp³-hybridized carbons (Fsp3) is 1.00. The third-order valence-electron chi connectivity index (χ3n) is 1.70. The molecular weight excluding hydrogens is 166 g/mol. The maximum absolute atomic E-state index is 3.54. The zero-order valence-electron chi connectivity index (χ0n) is 8.99. The molecule has 0 bridgehead atoms. The van der Waals surface area contributed by atoms with Crippen molar-refractivity contribution in [3.63, 3.8) is 0 Å². The Morgan fingerprint density at radius 2 is 1.67 bits per heavy atom. The number of nitrogens with one attached hydrogen (secondary N) is 3. The van der Waals surface area contributed by atoms with Gasteiger partial charge < -0.3 is 15.6 Å². The lowest BCUT2D eigenvalue weighted by Crippen LogP contribution is -2.47. The van der Waals surface area contributed by atoms with E-state index in [0.29, 0.717) is 11.2 Å². The molecular formula is C8H23N3Si. The van der Waals surface area contributed by atoms with Crippen LogP contribution in [0.15, 0.2) is 0 Å². The second-order valence-corrected chi connectivity index (χ2v) is 7.30. The smallest absolute Gasteiger partial charge is 0.0971 e. The largest absolute Gasteiger partial charge is 0.339 e. The van der Waals surface area contributed by atoms with Gasteiger partial charge in [-0.2, -0.15) is 0 Å². The monoisotopic (exact) mass is 189 g/mol. The molecule has 0 atom stereocenters. The summed E-state index contributed by atoms with van der Waals surface area (Å²) in [5, 5.41) is 6.88. The highest BCUT2D eigenvalue weighted by atomic mass is 28.2. The minimum absolute atomic E-state index is 0.142. The van der Waals surface area contributed by atoms with Crippen molar-refractivity contribution in [2.45, 2.75) is 32.0 Å². The van der Waals surface area contributed by atoms with Crippen LogP contribution in [0.1, 0.15) is 20.8 Å². The summed E-state index contributed by atoms with van der Waals surface area (Å²) in [7, 11) is 3.81. The quantitative estimate of drug-likeness (QED) is 0.408. The Morgan fingerprint density at radius 1 is 1.17 bits per heavy atom. The third kappa shape index (κ3) is 6.79. The Kier molecular flexibility index (Phi) is 5.74. The van der Waals surface area contributed by atoms with E-state index in [9.17, 15) is 0 Å². The van der Waals surface area contributed by atoms with Crippen LogP contribution < -0.4 is 15.6 Å². The van der Waals surface area contributed by atoms with Gasteiger partial charge in [-0.15, -0.1) is 0 Å². The summed E-state index contributed by atoms with van der Waals surface area (Å²) in [6, 6.07) is 0. The number of rotatable bonds is 5. The minimum atomic E-state index is -0.142. The molecule has 0 saturated carbocycles. The topological polar surface area (TPSA) is 36.1 Å². The second kappa shape index (κ2) is 5.69. The van der Waals surface area contributed by atoms with Crippen LogP contribution in [0.3, 0.4) is 0 Å². The van der Waals surface area contributed by atoms with Gasteiger partial charge in [-0.25, -0.2) is 0 Å². The molecule has 0 unspecified atom stereocenters. The van der Waals surface area contributed by atoms with Crippen molar-refractivity contribution >= 4 is 9.68 Å². The Labute approximate surface area is 78.6 Å². The molecule has 0 aromatic rings. The Morgan fingerprint density at radius 3 is 2.00 bits per heavy atom. The molecule has 0 spiro atoms. The zero-order chi connectivity index (χ0) is 9.61. The molecule has 3 nitrogen and oxygen atoms in total.